The van der Waals surface area contributed by atoms with E-state index in [4.69, 9.17) is 0 Å². The van der Waals surface area contributed by atoms with Crippen molar-refractivity contribution in [2.45, 2.75) is 79.1 Å². The second-order valence-electron chi connectivity index (χ2n) is 7.45. The zero-order chi connectivity index (χ0) is 20.4. The van der Waals surface area contributed by atoms with Gasteiger partial charge in [-0.3, -0.25) is 4.79 Å². The summed E-state index contributed by atoms with van der Waals surface area (Å²) in [5.41, 5.74) is 1.68. The van der Waals surface area contributed by atoms with Gasteiger partial charge < -0.3 is 15.2 Å². The maximum atomic E-state index is 10.6. The van der Waals surface area contributed by atoms with E-state index < -0.39 is 5.91 Å². The number of amides is 1. The van der Waals surface area contributed by atoms with E-state index >= 15 is 0 Å². The maximum absolute atomic E-state index is 10.6. The van der Waals surface area contributed by atoms with Crippen LogP contribution in [0.25, 0.3) is 0 Å². The van der Waals surface area contributed by atoms with Crippen molar-refractivity contribution in [1.82, 2.24) is 5.48 Å². The second kappa shape index (κ2) is 16.8. The van der Waals surface area contributed by atoms with Crippen molar-refractivity contribution in [1.29, 1.82) is 0 Å². The van der Waals surface area contributed by atoms with E-state index in [1.54, 1.807) is 30.3 Å². The van der Waals surface area contributed by atoms with Crippen molar-refractivity contribution in [2.24, 2.45) is 0 Å². The highest BCUT2D eigenvalue weighted by atomic mass is 16.5. The molecule has 27 heavy (non-hydrogen) atoms. The minimum atomic E-state index is -0.597. The highest BCUT2D eigenvalue weighted by Gasteiger charge is 2.24. The highest BCUT2D eigenvalue weighted by molar-refractivity contribution is 5.94. The molecule has 0 unspecified atom stereocenters. The monoisotopic (exact) mass is 378 g/mol. The number of hydroxylamine groups is 1. The standard InChI is InChI=1S/C16H36N.C7H6NO2/c1-5-9-13-17(14-10-6-2,15-11-7-3)16-12-8-4;9-7(8-10)6-4-2-1-3-5-6/h5-16H2,1-4H3;1-5H,(H-,8,9,10)/q+1;-1. The lowest BCUT2D eigenvalue weighted by atomic mass is 10.1. The largest absolute Gasteiger partial charge is 0.759 e. The van der Waals surface area contributed by atoms with Crippen molar-refractivity contribution in [2.75, 3.05) is 26.2 Å². The Balaban J connectivity index is 0.000000569. The first-order valence-electron chi connectivity index (χ1n) is 10.9. The third-order valence-electron chi connectivity index (χ3n) is 5.07. The Morgan fingerprint density at radius 1 is 0.778 bits per heavy atom. The molecule has 0 bridgehead atoms. The molecule has 0 aliphatic heterocycles. The predicted molar refractivity (Wildman–Crippen MR) is 117 cm³/mol. The van der Waals surface area contributed by atoms with E-state index in [1.807, 2.05) is 0 Å². The third-order valence-corrected chi connectivity index (χ3v) is 5.07. The molecule has 156 valence electrons. The average Bonchev–Trinajstić information content (AvgIpc) is 2.73. The fraction of sp³-hybridized carbons (Fsp3) is 0.696. The van der Waals surface area contributed by atoms with Gasteiger partial charge in [-0.25, -0.2) is 0 Å². The van der Waals surface area contributed by atoms with Gasteiger partial charge in [-0.05, 0) is 37.8 Å². The van der Waals surface area contributed by atoms with E-state index in [0.29, 0.717) is 5.56 Å². The molecule has 0 heterocycles. The number of nitrogens with one attached hydrogen (secondary N) is 1. The lowest BCUT2D eigenvalue weighted by Gasteiger charge is -2.39. The number of carbonyl (C=O) groups is 1. The molecule has 0 fully saturated rings. The molecular weight excluding hydrogens is 336 g/mol. The van der Waals surface area contributed by atoms with Crippen molar-refractivity contribution in [3.05, 3.63) is 41.1 Å². The van der Waals surface area contributed by atoms with Crippen LogP contribution in [-0.2, 0) is 0 Å². The van der Waals surface area contributed by atoms with Crippen molar-refractivity contribution in [3.8, 4) is 0 Å². The Labute approximate surface area is 167 Å². The minimum Gasteiger partial charge on any atom is -0.759 e. The number of rotatable bonds is 13. The molecule has 4 nitrogen and oxygen atoms in total. The summed E-state index contributed by atoms with van der Waals surface area (Å²) in [5.74, 6) is -0.597. The fourth-order valence-electron chi connectivity index (χ4n) is 3.29. The van der Waals surface area contributed by atoms with Gasteiger partial charge in [0.2, 0.25) is 5.91 Å². The van der Waals surface area contributed by atoms with Crippen LogP contribution < -0.4 is 5.48 Å². The number of hydrogen-bond donors (Lipinski definition) is 1. The van der Waals surface area contributed by atoms with Crippen molar-refractivity contribution < 1.29 is 9.28 Å². The van der Waals surface area contributed by atoms with Gasteiger partial charge >= 0.3 is 0 Å². The molecule has 0 atom stereocenters. The summed E-state index contributed by atoms with van der Waals surface area (Å²) < 4.78 is 1.42. The zero-order valence-corrected chi connectivity index (χ0v) is 18.1. The van der Waals surface area contributed by atoms with Crippen LogP contribution in [-0.4, -0.2) is 36.6 Å². The van der Waals surface area contributed by atoms with Gasteiger partial charge in [0, 0.05) is 5.56 Å². The number of benzene rings is 1. The molecular formula is C23H42N2O2. The Bertz CT molecular complexity index is 425. The molecule has 0 saturated carbocycles. The summed E-state index contributed by atoms with van der Waals surface area (Å²) in [4.78, 5) is 10.6. The van der Waals surface area contributed by atoms with Crippen molar-refractivity contribution >= 4 is 5.91 Å². The molecule has 1 aromatic carbocycles. The van der Waals surface area contributed by atoms with E-state index in [2.05, 4.69) is 27.7 Å². The van der Waals surface area contributed by atoms with Crippen LogP contribution in [0, 0.1) is 5.21 Å². The summed E-state index contributed by atoms with van der Waals surface area (Å²) in [6, 6.07) is 8.33. The van der Waals surface area contributed by atoms with Gasteiger partial charge in [0.25, 0.3) is 0 Å². The summed E-state index contributed by atoms with van der Waals surface area (Å²) >= 11 is 0. The zero-order valence-electron chi connectivity index (χ0n) is 18.1. The number of carbonyl (C=O) groups excluding carboxylic acids is 1. The number of unbranched alkanes of at least 4 members (excludes halogenated alkanes) is 4. The summed E-state index contributed by atoms with van der Waals surface area (Å²) in [6.45, 7) is 15.0. The molecule has 0 radical (unpaired) electrons. The van der Waals surface area contributed by atoms with Gasteiger partial charge in [0.1, 0.15) is 0 Å². The maximum Gasteiger partial charge on any atom is 0.240 e. The predicted octanol–water partition coefficient (Wildman–Crippen LogP) is 5.92. The molecule has 4 heteroatoms. The fourth-order valence-corrected chi connectivity index (χ4v) is 3.29. The van der Waals surface area contributed by atoms with E-state index in [9.17, 15) is 10.0 Å². The lowest BCUT2D eigenvalue weighted by molar-refractivity contribution is -0.929. The normalized spacial score (nSPS) is 10.9. The van der Waals surface area contributed by atoms with Crippen LogP contribution in [0.15, 0.2) is 30.3 Å². The number of hydrogen-bond acceptors (Lipinski definition) is 2. The van der Waals surface area contributed by atoms with Crippen LogP contribution in [0.3, 0.4) is 0 Å². The Morgan fingerprint density at radius 2 is 1.15 bits per heavy atom. The Morgan fingerprint density at radius 3 is 1.44 bits per heavy atom. The molecule has 0 aliphatic carbocycles. The molecule has 0 saturated heterocycles. The van der Waals surface area contributed by atoms with Crippen LogP contribution in [0.5, 0.6) is 0 Å². The average molecular weight is 379 g/mol. The molecule has 0 aliphatic rings. The first-order chi connectivity index (χ1) is 13.1. The van der Waals surface area contributed by atoms with Gasteiger partial charge in [-0.2, -0.15) is 0 Å². The number of nitrogens with zero attached hydrogens (tertiary/aromatic N) is 1. The van der Waals surface area contributed by atoms with E-state index in [1.165, 1.54) is 87.5 Å². The molecule has 1 rings (SSSR count). The Hall–Kier alpha value is -1.39. The second-order valence-corrected chi connectivity index (χ2v) is 7.45. The third kappa shape index (κ3) is 11.8. The summed E-state index contributed by atoms with van der Waals surface area (Å²) in [5, 5.41) is 9.83. The van der Waals surface area contributed by atoms with Gasteiger partial charge in [0.05, 0.1) is 26.2 Å². The summed E-state index contributed by atoms with van der Waals surface area (Å²) in [6.07, 6.45) is 11.1. The smallest absolute Gasteiger partial charge is 0.240 e. The molecule has 1 aromatic rings. The van der Waals surface area contributed by atoms with Crippen LogP contribution in [0.1, 0.15) is 89.4 Å². The molecule has 1 amide bonds. The van der Waals surface area contributed by atoms with Crippen LogP contribution >= 0.6 is 0 Å². The number of quaternary nitrogens is 1. The summed E-state index contributed by atoms with van der Waals surface area (Å²) in [7, 11) is 0. The van der Waals surface area contributed by atoms with Gasteiger partial charge in [0.15, 0.2) is 0 Å². The molecule has 1 N–H and O–H groups in total. The minimum absolute atomic E-state index is 0.387. The SMILES string of the molecule is CCCC[N+](CCCC)(CCCC)CCCC.O=C(N[O-])c1ccccc1. The first-order valence-corrected chi connectivity index (χ1v) is 10.9. The lowest BCUT2D eigenvalue weighted by Crippen LogP contribution is -2.50. The highest BCUT2D eigenvalue weighted by Crippen LogP contribution is 2.16. The van der Waals surface area contributed by atoms with Gasteiger partial charge in [-0.15, -0.1) is 0 Å². The molecule has 0 aromatic heterocycles. The Kier molecular flexibility index (Phi) is 15.9. The van der Waals surface area contributed by atoms with Crippen molar-refractivity contribution in [3.63, 3.8) is 0 Å². The van der Waals surface area contributed by atoms with E-state index in [-0.39, 0.29) is 0 Å². The van der Waals surface area contributed by atoms with Crippen LogP contribution in [0.4, 0.5) is 0 Å². The molecule has 0 spiro atoms. The first kappa shape index (κ1) is 25.6. The van der Waals surface area contributed by atoms with Gasteiger partial charge in [-0.1, -0.05) is 71.6 Å². The van der Waals surface area contributed by atoms with E-state index in [0.717, 1.165) is 0 Å². The topological polar surface area (TPSA) is 52.2 Å². The quantitative estimate of drug-likeness (QED) is 0.342. The van der Waals surface area contributed by atoms with Crippen LogP contribution in [0.2, 0.25) is 0 Å².